The molecular formula is C17H25N5. The monoisotopic (exact) mass is 299 g/mol. The van der Waals surface area contributed by atoms with E-state index in [-0.39, 0.29) is 0 Å². The average molecular weight is 299 g/mol. The Morgan fingerprint density at radius 2 is 1.95 bits per heavy atom. The highest BCUT2D eigenvalue weighted by atomic mass is 15.3. The molecule has 0 amide bonds. The van der Waals surface area contributed by atoms with E-state index < -0.39 is 0 Å². The van der Waals surface area contributed by atoms with Gasteiger partial charge in [-0.15, -0.1) is 0 Å². The number of hydrogen-bond donors (Lipinski definition) is 2. The lowest BCUT2D eigenvalue weighted by Gasteiger charge is -2.20. The number of para-hydroxylation sites is 1. The van der Waals surface area contributed by atoms with Crippen molar-refractivity contribution < 1.29 is 0 Å². The van der Waals surface area contributed by atoms with Crippen LogP contribution < -0.4 is 10.6 Å². The van der Waals surface area contributed by atoms with Gasteiger partial charge in [0.25, 0.3) is 0 Å². The highest BCUT2D eigenvalue weighted by Gasteiger charge is 2.09. The van der Waals surface area contributed by atoms with Crippen molar-refractivity contribution in [2.75, 3.05) is 7.05 Å². The molecule has 0 spiro atoms. The molecule has 2 aromatic rings. The second-order valence-electron chi connectivity index (χ2n) is 5.73. The minimum atomic E-state index is 0.373. The highest BCUT2D eigenvalue weighted by Crippen LogP contribution is 2.07. The molecule has 0 saturated carbocycles. The third kappa shape index (κ3) is 4.35. The van der Waals surface area contributed by atoms with Crippen LogP contribution >= 0.6 is 0 Å². The molecule has 2 N–H and O–H groups in total. The van der Waals surface area contributed by atoms with Crippen LogP contribution in [0.1, 0.15) is 26.3 Å². The zero-order valence-corrected chi connectivity index (χ0v) is 13.7. The van der Waals surface area contributed by atoms with Crippen LogP contribution in [0, 0.1) is 5.92 Å². The summed E-state index contributed by atoms with van der Waals surface area (Å²) in [5.74, 6) is 1.37. The largest absolute Gasteiger partial charge is 0.354 e. The molecule has 1 aromatic carbocycles. The Bertz CT molecular complexity index is 601. The number of aliphatic imine (C=N–C) groups is 1. The van der Waals surface area contributed by atoms with Crippen molar-refractivity contribution in [3.8, 4) is 5.69 Å². The minimum absolute atomic E-state index is 0.373. The van der Waals surface area contributed by atoms with Crippen molar-refractivity contribution >= 4 is 5.96 Å². The van der Waals surface area contributed by atoms with E-state index in [9.17, 15) is 0 Å². The first-order chi connectivity index (χ1) is 10.6. The lowest BCUT2D eigenvalue weighted by Crippen LogP contribution is -2.43. The molecule has 5 heteroatoms. The molecule has 0 aliphatic heterocycles. The van der Waals surface area contributed by atoms with Gasteiger partial charge < -0.3 is 10.6 Å². The van der Waals surface area contributed by atoms with E-state index in [0.29, 0.717) is 18.5 Å². The van der Waals surface area contributed by atoms with E-state index in [1.165, 1.54) is 0 Å². The van der Waals surface area contributed by atoms with E-state index in [0.717, 1.165) is 17.2 Å². The van der Waals surface area contributed by atoms with Crippen LogP contribution in [0.2, 0.25) is 0 Å². The second kappa shape index (κ2) is 7.64. The van der Waals surface area contributed by atoms with Crippen LogP contribution in [-0.2, 0) is 6.54 Å². The fourth-order valence-corrected chi connectivity index (χ4v) is 1.94. The van der Waals surface area contributed by atoms with Gasteiger partial charge in [-0.05, 0) is 25.0 Å². The number of aromatic nitrogens is 2. The summed E-state index contributed by atoms with van der Waals surface area (Å²) in [6.07, 6.45) is 3.90. The molecule has 0 saturated heterocycles. The smallest absolute Gasteiger partial charge is 0.191 e. The Morgan fingerprint density at radius 1 is 1.23 bits per heavy atom. The average Bonchev–Trinajstić information content (AvgIpc) is 3.00. The Hall–Kier alpha value is -2.30. The summed E-state index contributed by atoms with van der Waals surface area (Å²) in [5.41, 5.74) is 2.17. The lowest BCUT2D eigenvalue weighted by molar-refractivity contribution is 0.481. The maximum Gasteiger partial charge on any atom is 0.191 e. The van der Waals surface area contributed by atoms with Gasteiger partial charge in [0.15, 0.2) is 5.96 Å². The Kier molecular flexibility index (Phi) is 5.58. The first kappa shape index (κ1) is 16.1. The van der Waals surface area contributed by atoms with Gasteiger partial charge in [0.1, 0.15) is 0 Å². The quantitative estimate of drug-likeness (QED) is 0.659. The Balaban J connectivity index is 1.93. The van der Waals surface area contributed by atoms with E-state index in [2.05, 4.69) is 41.5 Å². The van der Waals surface area contributed by atoms with E-state index in [1.807, 2.05) is 47.4 Å². The molecule has 0 bridgehead atoms. The summed E-state index contributed by atoms with van der Waals surface area (Å²) < 4.78 is 1.88. The molecule has 0 radical (unpaired) electrons. The molecule has 0 aliphatic carbocycles. The predicted octanol–water partition coefficient (Wildman–Crippen LogP) is 2.58. The molecular weight excluding hydrogens is 274 g/mol. The number of nitrogens with zero attached hydrogens (tertiary/aromatic N) is 3. The molecule has 118 valence electrons. The number of guanidine groups is 1. The maximum atomic E-state index is 4.40. The van der Waals surface area contributed by atoms with Crippen molar-refractivity contribution in [3.63, 3.8) is 0 Å². The molecule has 22 heavy (non-hydrogen) atoms. The molecule has 5 nitrogen and oxygen atoms in total. The molecule has 0 aliphatic rings. The van der Waals surface area contributed by atoms with Gasteiger partial charge in [-0.2, -0.15) is 5.10 Å². The zero-order chi connectivity index (χ0) is 15.9. The number of nitrogens with one attached hydrogen (secondary N) is 2. The van der Waals surface area contributed by atoms with Gasteiger partial charge in [-0.3, -0.25) is 4.99 Å². The van der Waals surface area contributed by atoms with Crippen LogP contribution in [-0.4, -0.2) is 28.8 Å². The first-order valence-electron chi connectivity index (χ1n) is 7.66. The van der Waals surface area contributed by atoms with Crippen LogP contribution in [0.5, 0.6) is 0 Å². The topological polar surface area (TPSA) is 54.2 Å². The fraction of sp³-hybridized carbons (Fsp3) is 0.412. The van der Waals surface area contributed by atoms with Gasteiger partial charge in [-0.25, -0.2) is 4.68 Å². The Labute approximate surface area is 132 Å². The van der Waals surface area contributed by atoms with Crippen molar-refractivity contribution in [2.24, 2.45) is 10.9 Å². The summed E-state index contributed by atoms with van der Waals surface area (Å²) in [7, 11) is 1.79. The SMILES string of the molecule is CN=C(NCc1cnn(-c2ccccc2)c1)NC(C)C(C)C. The molecule has 1 aromatic heterocycles. The summed E-state index contributed by atoms with van der Waals surface area (Å²) in [6.45, 7) is 7.23. The number of rotatable bonds is 5. The van der Waals surface area contributed by atoms with Gasteiger partial charge in [-0.1, -0.05) is 32.0 Å². The minimum Gasteiger partial charge on any atom is -0.354 e. The van der Waals surface area contributed by atoms with E-state index >= 15 is 0 Å². The van der Waals surface area contributed by atoms with Gasteiger partial charge in [0, 0.05) is 31.4 Å². The van der Waals surface area contributed by atoms with Crippen LogP contribution in [0.3, 0.4) is 0 Å². The molecule has 1 unspecified atom stereocenters. The molecule has 1 atom stereocenters. The van der Waals surface area contributed by atoms with E-state index in [4.69, 9.17) is 0 Å². The second-order valence-corrected chi connectivity index (χ2v) is 5.73. The van der Waals surface area contributed by atoms with Gasteiger partial charge in [0.2, 0.25) is 0 Å². The summed E-state index contributed by atoms with van der Waals surface area (Å²) in [5, 5.41) is 11.1. The first-order valence-corrected chi connectivity index (χ1v) is 7.66. The zero-order valence-electron chi connectivity index (χ0n) is 13.7. The molecule has 0 fully saturated rings. The molecule has 1 heterocycles. The lowest BCUT2D eigenvalue weighted by atomic mass is 10.1. The third-order valence-electron chi connectivity index (χ3n) is 3.70. The fourth-order valence-electron chi connectivity index (χ4n) is 1.94. The van der Waals surface area contributed by atoms with Crippen molar-refractivity contribution in [3.05, 3.63) is 48.3 Å². The summed E-state index contributed by atoms with van der Waals surface area (Å²) in [4.78, 5) is 4.26. The van der Waals surface area contributed by atoms with Crippen molar-refractivity contribution in [1.29, 1.82) is 0 Å². The summed E-state index contributed by atoms with van der Waals surface area (Å²) >= 11 is 0. The van der Waals surface area contributed by atoms with Crippen molar-refractivity contribution in [1.82, 2.24) is 20.4 Å². The number of hydrogen-bond acceptors (Lipinski definition) is 2. The Morgan fingerprint density at radius 3 is 2.59 bits per heavy atom. The van der Waals surface area contributed by atoms with E-state index in [1.54, 1.807) is 7.05 Å². The standard InChI is InChI=1S/C17H25N5/c1-13(2)14(3)21-17(18-4)19-10-15-11-20-22(12-15)16-8-6-5-7-9-16/h5-9,11-14H,10H2,1-4H3,(H2,18,19,21). The highest BCUT2D eigenvalue weighted by molar-refractivity contribution is 5.79. The molecule has 2 rings (SSSR count). The van der Waals surface area contributed by atoms with Gasteiger partial charge in [0.05, 0.1) is 11.9 Å². The van der Waals surface area contributed by atoms with Crippen molar-refractivity contribution in [2.45, 2.75) is 33.4 Å². The number of benzene rings is 1. The predicted molar refractivity (Wildman–Crippen MR) is 91.2 cm³/mol. The third-order valence-corrected chi connectivity index (χ3v) is 3.70. The van der Waals surface area contributed by atoms with Gasteiger partial charge >= 0.3 is 0 Å². The summed E-state index contributed by atoms with van der Waals surface area (Å²) in [6, 6.07) is 10.5. The van der Waals surface area contributed by atoms with Crippen LogP contribution in [0.15, 0.2) is 47.7 Å². The van der Waals surface area contributed by atoms with Crippen LogP contribution in [0.25, 0.3) is 5.69 Å². The maximum absolute atomic E-state index is 4.40. The van der Waals surface area contributed by atoms with Crippen LogP contribution in [0.4, 0.5) is 0 Å². The normalized spacial score (nSPS) is 13.2.